The second kappa shape index (κ2) is 3.95. The molecule has 0 amide bonds. The van der Waals surface area contributed by atoms with Crippen LogP contribution in [-0.4, -0.2) is 12.5 Å². The highest BCUT2D eigenvalue weighted by Gasteiger charge is 2.23. The largest absolute Gasteiger partial charge is 0.481 e. The summed E-state index contributed by atoms with van der Waals surface area (Å²) in [5, 5.41) is 0. The van der Waals surface area contributed by atoms with Crippen molar-refractivity contribution in [2.75, 3.05) is 6.61 Å². The molecule has 1 rings (SSSR count). The lowest BCUT2D eigenvalue weighted by molar-refractivity contribution is 0.284. The van der Waals surface area contributed by atoms with Crippen LogP contribution in [-0.2, 0) is 4.74 Å². The van der Waals surface area contributed by atoms with Gasteiger partial charge in [-0.3, -0.25) is 0 Å². The number of rotatable bonds is 1. The van der Waals surface area contributed by atoms with E-state index in [1.807, 2.05) is 13.1 Å². The second-order valence-corrected chi connectivity index (χ2v) is 4.45. The lowest BCUT2D eigenvalue weighted by Crippen LogP contribution is -2.17. The van der Waals surface area contributed by atoms with Gasteiger partial charge in [0.05, 0.1) is 6.61 Å². The zero-order valence-electron chi connectivity index (χ0n) is 9.05. The second-order valence-electron chi connectivity index (χ2n) is 4.45. The minimum Gasteiger partial charge on any atom is -0.481 e. The van der Waals surface area contributed by atoms with E-state index in [1.165, 1.54) is 5.57 Å². The Morgan fingerprint density at radius 1 is 1.46 bits per heavy atom. The van der Waals surface area contributed by atoms with Gasteiger partial charge in [-0.1, -0.05) is 19.4 Å². The fourth-order valence-electron chi connectivity index (χ4n) is 1.76. The molecule has 0 saturated carbocycles. The highest BCUT2D eigenvalue weighted by atomic mass is 16.5. The number of aliphatic imine (C=N–C) groups is 1. The molecule has 1 aliphatic heterocycles. The van der Waals surface area contributed by atoms with E-state index in [9.17, 15) is 0 Å². The Bertz CT molecular complexity index is 238. The van der Waals surface area contributed by atoms with Crippen molar-refractivity contribution in [3.63, 3.8) is 0 Å². The van der Waals surface area contributed by atoms with Gasteiger partial charge in [0.1, 0.15) is 0 Å². The van der Waals surface area contributed by atoms with Crippen molar-refractivity contribution < 1.29 is 4.74 Å². The minimum absolute atomic E-state index is 0.283. The van der Waals surface area contributed by atoms with Crippen molar-refractivity contribution >= 4 is 5.90 Å². The van der Waals surface area contributed by atoms with E-state index in [4.69, 9.17) is 4.74 Å². The van der Waals surface area contributed by atoms with E-state index in [2.05, 4.69) is 25.8 Å². The molecule has 0 radical (unpaired) electrons. The first kappa shape index (κ1) is 10.3. The molecule has 1 aliphatic rings. The average Bonchev–Trinajstić information content (AvgIpc) is 2.09. The standard InChI is InChI=1S/C11H19NO/c1-5-13-10-7-11(3,4)6-9(2)8-12-10/h8H,5-7H2,1-4H3. The molecule has 0 spiro atoms. The number of hydrogen-bond acceptors (Lipinski definition) is 2. The Morgan fingerprint density at radius 3 is 2.77 bits per heavy atom. The van der Waals surface area contributed by atoms with Crippen LogP contribution >= 0.6 is 0 Å². The van der Waals surface area contributed by atoms with Crippen molar-refractivity contribution in [3.05, 3.63) is 11.8 Å². The average molecular weight is 181 g/mol. The molecule has 0 aromatic heterocycles. The van der Waals surface area contributed by atoms with Crippen LogP contribution in [0.15, 0.2) is 16.8 Å². The van der Waals surface area contributed by atoms with Gasteiger partial charge >= 0.3 is 0 Å². The molecule has 74 valence electrons. The van der Waals surface area contributed by atoms with Crippen LogP contribution in [0.4, 0.5) is 0 Å². The number of ether oxygens (including phenoxy) is 1. The molecule has 0 saturated heterocycles. The molecule has 1 heterocycles. The summed E-state index contributed by atoms with van der Waals surface area (Å²) in [7, 11) is 0. The van der Waals surface area contributed by atoms with Crippen LogP contribution in [0.25, 0.3) is 0 Å². The van der Waals surface area contributed by atoms with Crippen LogP contribution in [0.2, 0.25) is 0 Å². The predicted octanol–water partition coefficient (Wildman–Crippen LogP) is 3.15. The van der Waals surface area contributed by atoms with Gasteiger partial charge in [0.25, 0.3) is 0 Å². The topological polar surface area (TPSA) is 21.6 Å². The third kappa shape index (κ3) is 3.21. The van der Waals surface area contributed by atoms with Crippen molar-refractivity contribution in [3.8, 4) is 0 Å². The Hall–Kier alpha value is -0.790. The van der Waals surface area contributed by atoms with Gasteiger partial charge in [0, 0.05) is 12.6 Å². The van der Waals surface area contributed by atoms with Crippen LogP contribution in [0.3, 0.4) is 0 Å². The lowest BCUT2D eigenvalue weighted by Gasteiger charge is -2.23. The van der Waals surface area contributed by atoms with Crippen LogP contribution in [0.5, 0.6) is 0 Å². The fourth-order valence-corrected chi connectivity index (χ4v) is 1.76. The van der Waals surface area contributed by atoms with E-state index < -0.39 is 0 Å². The smallest absolute Gasteiger partial charge is 0.188 e. The summed E-state index contributed by atoms with van der Waals surface area (Å²) in [6, 6.07) is 0. The first-order valence-electron chi connectivity index (χ1n) is 4.88. The Balaban J connectivity index is 2.76. The number of nitrogens with zero attached hydrogens (tertiary/aromatic N) is 1. The van der Waals surface area contributed by atoms with Gasteiger partial charge in [-0.2, -0.15) is 0 Å². The van der Waals surface area contributed by atoms with Crippen molar-refractivity contribution in [2.45, 2.75) is 40.5 Å². The monoisotopic (exact) mass is 181 g/mol. The molecule has 0 aromatic rings. The molecule has 0 bridgehead atoms. The molecule has 0 atom stereocenters. The first-order valence-corrected chi connectivity index (χ1v) is 4.88. The minimum atomic E-state index is 0.283. The SMILES string of the molecule is CCOC1=NC=C(C)CC(C)(C)C1. The van der Waals surface area contributed by atoms with Crippen LogP contribution in [0.1, 0.15) is 40.5 Å². The molecule has 0 aliphatic carbocycles. The highest BCUT2D eigenvalue weighted by molar-refractivity contribution is 5.77. The van der Waals surface area contributed by atoms with E-state index in [0.29, 0.717) is 6.61 Å². The number of hydrogen-bond donors (Lipinski definition) is 0. The van der Waals surface area contributed by atoms with Gasteiger partial charge in [-0.15, -0.1) is 0 Å². The third-order valence-corrected chi connectivity index (χ3v) is 2.13. The summed E-state index contributed by atoms with van der Waals surface area (Å²) < 4.78 is 5.45. The maximum absolute atomic E-state index is 5.45. The van der Waals surface area contributed by atoms with Crippen molar-refractivity contribution in [1.29, 1.82) is 0 Å². The molecular weight excluding hydrogens is 162 g/mol. The summed E-state index contributed by atoms with van der Waals surface area (Å²) in [6.45, 7) is 9.34. The fraction of sp³-hybridized carbons (Fsp3) is 0.727. The molecule has 0 aromatic carbocycles. The van der Waals surface area contributed by atoms with Crippen LogP contribution < -0.4 is 0 Å². The lowest BCUT2D eigenvalue weighted by atomic mass is 9.83. The zero-order valence-corrected chi connectivity index (χ0v) is 9.05. The van der Waals surface area contributed by atoms with Gasteiger partial charge in [-0.05, 0) is 25.7 Å². The predicted molar refractivity (Wildman–Crippen MR) is 55.8 cm³/mol. The summed E-state index contributed by atoms with van der Waals surface area (Å²) in [5.74, 6) is 0.879. The number of allylic oxidation sites excluding steroid dienone is 1. The van der Waals surface area contributed by atoms with Gasteiger partial charge in [0.15, 0.2) is 5.90 Å². The van der Waals surface area contributed by atoms with E-state index in [0.717, 1.165) is 18.7 Å². The quantitative estimate of drug-likeness (QED) is 0.609. The molecule has 0 fully saturated rings. The summed E-state index contributed by atoms with van der Waals surface area (Å²) in [5.41, 5.74) is 1.62. The molecule has 0 N–H and O–H groups in total. The Kier molecular flexibility index (Phi) is 3.12. The van der Waals surface area contributed by atoms with Gasteiger partial charge in [0.2, 0.25) is 0 Å². The van der Waals surface area contributed by atoms with E-state index >= 15 is 0 Å². The maximum Gasteiger partial charge on any atom is 0.188 e. The van der Waals surface area contributed by atoms with Crippen molar-refractivity contribution in [1.82, 2.24) is 0 Å². The molecule has 2 heteroatoms. The molecule has 13 heavy (non-hydrogen) atoms. The summed E-state index contributed by atoms with van der Waals surface area (Å²) in [6.07, 6.45) is 3.97. The molecule has 0 unspecified atom stereocenters. The van der Waals surface area contributed by atoms with Gasteiger partial charge in [-0.25, -0.2) is 4.99 Å². The zero-order chi connectivity index (χ0) is 9.90. The maximum atomic E-state index is 5.45. The highest BCUT2D eigenvalue weighted by Crippen LogP contribution is 2.31. The third-order valence-electron chi connectivity index (χ3n) is 2.13. The van der Waals surface area contributed by atoms with E-state index in [-0.39, 0.29) is 5.41 Å². The molecular formula is C11H19NO. The summed E-state index contributed by atoms with van der Waals surface area (Å²) in [4.78, 5) is 4.32. The van der Waals surface area contributed by atoms with Crippen LogP contribution in [0, 0.1) is 5.41 Å². The van der Waals surface area contributed by atoms with Gasteiger partial charge < -0.3 is 4.74 Å². The normalized spacial score (nSPS) is 21.5. The first-order chi connectivity index (χ1) is 6.03. The Morgan fingerprint density at radius 2 is 2.15 bits per heavy atom. The van der Waals surface area contributed by atoms with Crippen molar-refractivity contribution in [2.24, 2.45) is 10.4 Å². The summed E-state index contributed by atoms with van der Waals surface area (Å²) >= 11 is 0. The molecule has 2 nitrogen and oxygen atoms in total. The van der Waals surface area contributed by atoms with E-state index in [1.54, 1.807) is 0 Å². The Labute approximate surface area is 80.7 Å².